The molecule has 0 heterocycles. The third-order valence-corrected chi connectivity index (χ3v) is 3.70. The fraction of sp³-hybridized carbons (Fsp3) is 0.474. The van der Waals surface area contributed by atoms with Gasteiger partial charge in [-0.1, -0.05) is 51.5 Å². The maximum Gasteiger partial charge on any atom is 0.251 e. The van der Waals surface area contributed by atoms with Crippen molar-refractivity contribution in [2.75, 3.05) is 0 Å². The van der Waals surface area contributed by atoms with Crippen LogP contribution in [0.2, 0.25) is 0 Å². The molecule has 0 bridgehead atoms. The maximum absolute atomic E-state index is 12.4. The quantitative estimate of drug-likeness (QED) is 0.686. The van der Waals surface area contributed by atoms with Gasteiger partial charge in [-0.2, -0.15) is 0 Å². The zero-order valence-corrected chi connectivity index (χ0v) is 14.4. The lowest BCUT2D eigenvalue weighted by atomic mass is 10.0. The van der Waals surface area contributed by atoms with Gasteiger partial charge < -0.3 is 10.6 Å². The van der Waals surface area contributed by atoms with Crippen LogP contribution in [0.15, 0.2) is 36.9 Å². The Labute approximate surface area is 139 Å². The highest BCUT2D eigenvalue weighted by Gasteiger charge is 2.13. The van der Waals surface area contributed by atoms with Crippen LogP contribution in [0.4, 0.5) is 0 Å². The molecule has 4 heteroatoms. The van der Waals surface area contributed by atoms with Crippen LogP contribution in [0.5, 0.6) is 0 Å². The van der Waals surface area contributed by atoms with Gasteiger partial charge in [-0.05, 0) is 37.0 Å². The van der Waals surface area contributed by atoms with E-state index >= 15 is 0 Å². The Morgan fingerprint density at radius 1 is 1.17 bits per heavy atom. The van der Waals surface area contributed by atoms with Crippen molar-refractivity contribution < 1.29 is 9.59 Å². The summed E-state index contributed by atoms with van der Waals surface area (Å²) in [7, 11) is 0. The molecule has 1 unspecified atom stereocenters. The Morgan fingerprint density at radius 2 is 1.87 bits per heavy atom. The standard InChI is InChI=1S/C19H28N2O2/c1-5-18(22)20-13-16-11-6-7-12-17(16)19(23)21-15(4)10-8-9-14(2)3/h5-7,11-12,14-15H,1,8-10,13H2,2-4H3,(H,20,22)(H,21,23). The average molecular weight is 316 g/mol. The van der Waals surface area contributed by atoms with Crippen LogP contribution in [0.25, 0.3) is 0 Å². The summed E-state index contributed by atoms with van der Waals surface area (Å²) in [6.45, 7) is 10.2. The van der Waals surface area contributed by atoms with Crippen LogP contribution < -0.4 is 10.6 Å². The zero-order chi connectivity index (χ0) is 17.2. The van der Waals surface area contributed by atoms with Gasteiger partial charge in [0.05, 0.1) is 0 Å². The average Bonchev–Trinajstić information content (AvgIpc) is 2.52. The van der Waals surface area contributed by atoms with Gasteiger partial charge in [0.2, 0.25) is 5.91 Å². The number of nitrogens with one attached hydrogen (secondary N) is 2. The first-order valence-corrected chi connectivity index (χ1v) is 8.23. The van der Waals surface area contributed by atoms with E-state index in [0.29, 0.717) is 18.0 Å². The summed E-state index contributed by atoms with van der Waals surface area (Å²) >= 11 is 0. The van der Waals surface area contributed by atoms with Crippen LogP contribution >= 0.6 is 0 Å². The second-order valence-corrected chi connectivity index (χ2v) is 6.28. The van der Waals surface area contributed by atoms with E-state index in [-0.39, 0.29) is 17.9 Å². The number of benzene rings is 1. The Morgan fingerprint density at radius 3 is 2.52 bits per heavy atom. The molecular formula is C19H28N2O2. The minimum absolute atomic E-state index is 0.0921. The first-order valence-electron chi connectivity index (χ1n) is 8.23. The lowest BCUT2D eigenvalue weighted by Crippen LogP contribution is -2.33. The number of rotatable bonds is 9. The van der Waals surface area contributed by atoms with Gasteiger partial charge in [-0.15, -0.1) is 0 Å². The van der Waals surface area contributed by atoms with Gasteiger partial charge in [0.15, 0.2) is 0 Å². The van der Waals surface area contributed by atoms with E-state index in [1.54, 1.807) is 6.07 Å². The van der Waals surface area contributed by atoms with Crippen molar-refractivity contribution in [2.45, 2.75) is 52.6 Å². The molecule has 1 rings (SSSR count). The van der Waals surface area contributed by atoms with Crippen molar-refractivity contribution in [3.63, 3.8) is 0 Å². The van der Waals surface area contributed by atoms with Gasteiger partial charge >= 0.3 is 0 Å². The van der Waals surface area contributed by atoms with Crippen molar-refractivity contribution in [1.29, 1.82) is 0 Å². The summed E-state index contributed by atoms with van der Waals surface area (Å²) in [6, 6.07) is 7.46. The largest absolute Gasteiger partial charge is 0.350 e. The highest BCUT2D eigenvalue weighted by atomic mass is 16.2. The summed E-state index contributed by atoms with van der Waals surface area (Å²) in [6.07, 6.45) is 4.47. The van der Waals surface area contributed by atoms with Gasteiger partial charge in [0.25, 0.3) is 5.91 Å². The monoisotopic (exact) mass is 316 g/mol. The van der Waals surface area contributed by atoms with Crippen LogP contribution in [-0.4, -0.2) is 17.9 Å². The molecule has 0 spiro atoms. The number of amides is 2. The van der Waals surface area contributed by atoms with E-state index < -0.39 is 0 Å². The number of hydrogen-bond acceptors (Lipinski definition) is 2. The third-order valence-electron chi connectivity index (χ3n) is 3.70. The normalized spacial score (nSPS) is 11.8. The molecule has 0 fully saturated rings. The molecule has 1 atom stereocenters. The predicted molar refractivity (Wildman–Crippen MR) is 94.1 cm³/mol. The van der Waals surface area contributed by atoms with Gasteiger partial charge in [-0.25, -0.2) is 0 Å². The summed E-state index contributed by atoms with van der Waals surface area (Å²) in [4.78, 5) is 23.7. The van der Waals surface area contributed by atoms with Gasteiger partial charge in [-0.3, -0.25) is 9.59 Å². The Balaban J connectivity index is 2.61. The number of carbonyl (C=O) groups is 2. The number of hydrogen-bond donors (Lipinski definition) is 2. The first-order chi connectivity index (χ1) is 10.9. The summed E-state index contributed by atoms with van der Waals surface area (Å²) < 4.78 is 0. The molecular weight excluding hydrogens is 288 g/mol. The topological polar surface area (TPSA) is 58.2 Å². The lowest BCUT2D eigenvalue weighted by Gasteiger charge is -2.16. The molecule has 1 aromatic rings. The van der Waals surface area contributed by atoms with Crippen LogP contribution in [-0.2, 0) is 11.3 Å². The Kier molecular flexibility index (Phi) is 8.09. The van der Waals surface area contributed by atoms with Crippen molar-refractivity contribution in [3.8, 4) is 0 Å². The molecule has 2 N–H and O–H groups in total. The minimum atomic E-state index is -0.248. The lowest BCUT2D eigenvalue weighted by molar-refractivity contribution is -0.116. The highest BCUT2D eigenvalue weighted by Crippen LogP contribution is 2.11. The summed E-state index contributed by atoms with van der Waals surface area (Å²) in [5.74, 6) is 0.347. The molecule has 0 aromatic heterocycles. The fourth-order valence-corrected chi connectivity index (χ4v) is 2.36. The van der Waals surface area contributed by atoms with E-state index in [1.165, 1.54) is 12.5 Å². The van der Waals surface area contributed by atoms with E-state index in [2.05, 4.69) is 31.1 Å². The molecule has 0 saturated heterocycles. The fourth-order valence-electron chi connectivity index (χ4n) is 2.36. The molecule has 2 amide bonds. The van der Waals surface area contributed by atoms with E-state index in [4.69, 9.17) is 0 Å². The smallest absolute Gasteiger partial charge is 0.251 e. The summed E-state index contributed by atoms with van der Waals surface area (Å²) in [5, 5.41) is 5.75. The predicted octanol–water partition coefficient (Wildman–Crippen LogP) is 3.43. The van der Waals surface area contributed by atoms with Gasteiger partial charge in [0.1, 0.15) is 0 Å². The molecule has 126 valence electrons. The Bertz CT molecular complexity index is 538. The second kappa shape index (κ2) is 9.82. The van der Waals surface area contributed by atoms with E-state index in [1.807, 2.05) is 25.1 Å². The molecule has 4 nitrogen and oxygen atoms in total. The molecule has 0 aliphatic heterocycles. The van der Waals surface area contributed by atoms with Crippen molar-refractivity contribution in [3.05, 3.63) is 48.0 Å². The van der Waals surface area contributed by atoms with E-state index in [0.717, 1.165) is 18.4 Å². The van der Waals surface area contributed by atoms with Crippen molar-refractivity contribution in [1.82, 2.24) is 10.6 Å². The maximum atomic E-state index is 12.4. The molecule has 23 heavy (non-hydrogen) atoms. The van der Waals surface area contributed by atoms with E-state index in [9.17, 15) is 9.59 Å². The molecule has 0 aliphatic rings. The SMILES string of the molecule is C=CC(=O)NCc1ccccc1C(=O)NC(C)CCCC(C)C. The van der Waals surface area contributed by atoms with Crippen LogP contribution in [0.1, 0.15) is 56.0 Å². The molecule has 1 aromatic carbocycles. The Hall–Kier alpha value is -2.10. The second-order valence-electron chi connectivity index (χ2n) is 6.28. The van der Waals surface area contributed by atoms with Crippen molar-refractivity contribution >= 4 is 11.8 Å². The number of carbonyl (C=O) groups excluding carboxylic acids is 2. The minimum Gasteiger partial charge on any atom is -0.350 e. The summed E-state index contributed by atoms with van der Waals surface area (Å²) in [5.41, 5.74) is 1.40. The van der Waals surface area contributed by atoms with Gasteiger partial charge in [0, 0.05) is 18.2 Å². The zero-order valence-electron chi connectivity index (χ0n) is 14.4. The molecule has 0 aliphatic carbocycles. The third kappa shape index (κ3) is 7.13. The van der Waals surface area contributed by atoms with Crippen LogP contribution in [0, 0.1) is 5.92 Å². The van der Waals surface area contributed by atoms with Crippen molar-refractivity contribution in [2.24, 2.45) is 5.92 Å². The highest BCUT2D eigenvalue weighted by molar-refractivity contribution is 5.96. The van der Waals surface area contributed by atoms with Crippen LogP contribution in [0.3, 0.4) is 0 Å². The molecule has 0 saturated carbocycles. The molecule has 0 radical (unpaired) electrons. The first kappa shape index (κ1) is 18.9.